The van der Waals surface area contributed by atoms with Crippen molar-refractivity contribution in [3.8, 4) is 0 Å². The number of esters is 2. The van der Waals surface area contributed by atoms with E-state index in [1.165, 1.54) is 25.3 Å². The summed E-state index contributed by atoms with van der Waals surface area (Å²) >= 11 is 0. The second-order valence-corrected chi connectivity index (χ2v) is 22.7. The Morgan fingerprint density at radius 1 is 0.427 bits per heavy atom. The van der Waals surface area contributed by atoms with Crippen LogP contribution in [0.3, 0.4) is 0 Å². The number of Topliss-reactive ketones (excluding diaryl/α,β-unsaturated/α-hetero) is 1. The zero-order chi connectivity index (χ0) is 66.9. The quantitative estimate of drug-likeness (QED) is 0.0506. The number of aromatic nitrogens is 2. The van der Waals surface area contributed by atoms with E-state index in [0.29, 0.717) is 48.4 Å². The maximum Gasteiger partial charge on any atom is 0.337 e. The summed E-state index contributed by atoms with van der Waals surface area (Å²) in [7, 11) is 2.70. The van der Waals surface area contributed by atoms with E-state index in [0.717, 1.165) is 44.8 Å². The molecule has 18 nitrogen and oxygen atoms in total. The molecule has 0 spiro atoms. The van der Waals surface area contributed by atoms with Gasteiger partial charge in [0.1, 0.15) is 22.8 Å². The molecule has 0 saturated carbocycles. The molecule has 0 radical (unpaired) electrons. The summed E-state index contributed by atoms with van der Waals surface area (Å²) in [5.74, 6) is -2.95. The third-order valence-electron chi connectivity index (χ3n) is 16.2. The van der Waals surface area contributed by atoms with Gasteiger partial charge in [0.2, 0.25) is 5.71 Å². The van der Waals surface area contributed by atoms with Crippen molar-refractivity contribution in [1.29, 1.82) is 0 Å². The molecule has 0 fully saturated rings. The molecule has 8 bridgehead atoms. The highest BCUT2D eigenvalue weighted by molar-refractivity contribution is 6.39. The number of carbonyl (C=O) groups is 7. The molecule has 4 amide bonds. The number of ketones is 1. The fourth-order valence-corrected chi connectivity index (χ4v) is 10.9. The van der Waals surface area contributed by atoms with Crippen LogP contribution in [0.5, 0.6) is 0 Å². The molecule has 2 aromatic heterocycles. The second kappa shape index (κ2) is 30.8. The molecule has 18 heteroatoms. The molecule has 4 aliphatic heterocycles. The number of benzene rings is 7. The number of allylic oxidation sites excluding steroid dienone is 7. The van der Waals surface area contributed by atoms with Gasteiger partial charge in [0.15, 0.2) is 18.9 Å². The molecule has 15 rings (SSSR count). The molecule has 6 aliphatic rings. The van der Waals surface area contributed by atoms with Crippen LogP contribution >= 0.6 is 0 Å². The van der Waals surface area contributed by atoms with Crippen LogP contribution in [0.25, 0.3) is 5.57 Å². The summed E-state index contributed by atoms with van der Waals surface area (Å²) < 4.78 is 12.0. The van der Waals surface area contributed by atoms with Gasteiger partial charge >= 0.3 is 11.9 Å². The third-order valence-corrected chi connectivity index (χ3v) is 16.2. The molecule has 9 aromatic rings. The first kappa shape index (κ1) is 65.1. The average molecular weight is 1280 g/mol. The van der Waals surface area contributed by atoms with Crippen molar-refractivity contribution in [2.75, 3.05) is 19.1 Å². The number of pyridine rings is 2. The molecule has 4 N–H and O–H groups in total. The van der Waals surface area contributed by atoms with Crippen molar-refractivity contribution in [2.45, 2.75) is 52.4 Å². The van der Waals surface area contributed by atoms with Gasteiger partial charge in [-0.05, 0) is 117 Å². The van der Waals surface area contributed by atoms with E-state index in [9.17, 15) is 38.7 Å². The number of amides is 4. The van der Waals surface area contributed by atoms with Crippen LogP contribution in [0.4, 0.5) is 5.69 Å². The highest BCUT2D eigenvalue weighted by atomic mass is 16.5. The van der Waals surface area contributed by atoms with Crippen LogP contribution in [0.2, 0.25) is 0 Å². The number of rotatable bonds is 12. The lowest BCUT2D eigenvalue weighted by Crippen LogP contribution is -2.30. The van der Waals surface area contributed by atoms with Gasteiger partial charge < -0.3 is 40.7 Å². The Bertz CT molecular complexity index is 4200. The molecular weight excluding hydrogens is 1210 g/mol. The lowest BCUT2D eigenvalue weighted by atomic mass is 9.80. The van der Waals surface area contributed by atoms with Crippen LogP contribution in [-0.4, -0.2) is 75.8 Å². The topological polar surface area (TPSA) is 241 Å². The summed E-state index contributed by atoms with van der Waals surface area (Å²) in [6.07, 6.45) is 7.66. The SMILES string of the molecule is COC(=O)c1ccc(CN(Cc2ccc(C(=O)OC)cc2)c2ccc(C3=C([O-])C(=C4C=CC(=[N+](Cc5ccccc5)Cc5ccccc5)C=C4)C3=O)cc2)cc1.O=C1NCc2ccc(cc2)CNC(=O)c2cccc(n2)C(=O)NCc2ccc(cc2)CNC(=O)c2cccc1n2. The molecule has 6 heterocycles. The monoisotopic (exact) mass is 1270 g/mol. The zero-order valence-corrected chi connectivity index (χ0v) is 52.6. The minimum absolute atomic E-state index is 0.137. The minimum Gasteiger partial charge on any atom is -0.871 e. The maximum atomic E-state index is 13.6. The number of methoxy groups -OCH3 is 2. The van der Waals surface area contributed by atoms with Gasteiger partial charge in [-0.25, -0.2) is 24.1 Å². The van der Waals surface area contributed by atoms with Gasteiger partial charge in [0.05, 0.1) is 25.3 Å². The fraction of sp³-hybridized carbons (Fsp3) is 0.128. The molecular formula is C78H66N8O10. The zero-order valence-electron chi connectivity index (χ0n) is 52.6. The normalized spacial score (nSPS) is 13.9. The lowest BCUT2D eigenvalue weighted by Gasteiger charge is -2.32. The second-order valence-electron chi connectivity index (χ2n) is 22.7. The lowest BCUT2D eigenvalue weighted by molar-refractivity contribution is -0.558. The van der Waals surface area contributed by atoms with Crippen molar-refractivity contribution >= 4 is 58.3 Å². The van der Waals surface area contributed by atoms with E-state index in [2.05, 4.69) is 65.0 Å². The molecule has 7 aromatic carbocycles. The molecule has 96 heavy (non-hydrogen) atoms. The number of nitrogens with one attached hydrogen (secondary N) is 4. The van der Waals surface area contributed by atoms with E-state index in [1.54, 1.807) is 72.8 Å². The van der Waals surface area contributed by atoms with Crippen LogP contribution in [-0.2, 0) is 66.6 Å². The molecule has 0 atom stereocenters. The molecule has 0 saturated heterocycles. The molecule has 0 unspecified atom stereocenters. The van der Waals surface area contributed by atoms with E-state index in [1.807, 2.05) is 146 Å². The Morgan fingerprint density at radius 2 is 0.792 bits per heavy atom. The largest absolute Gasteiger partial charge is 0.871 e. The summed E-state index contributed by atoms with van der Waals surface area (Å²) in [5, 5.41) is 24.8. The summed E-state index contributed by atoms with van der Waals surface area (Å²) in [4.78, 5) is 98.9. The molecule has 478 valence electrons. The number of anilines is 1. The first-order valence-electron chi connectivity index (χ1n) is 30.9. The van der Waals surface area contributed by atoms with E-state index in [4.69, 9.17) is 9.47 Å². The van der Waals surface area contributed by atoms with Gasteiger partial charge in [-0.1, -0.05) is 163 Å². The first-order chi connectivity index (χ1) is 46.7. The summed E-state index contributed by atoms with van der Waals surface area (Å²) in [5.41, 5.74) is 12.5. The number of hydrogen-bond acceptors (Lipinski definition) is 13. The highest BCUT2D eigenvalue weighted by Crippen LogP contribution is 2.38. The predicted molar refractivity (Wildman–Crippen MR) is 361 cm³/mol. The van der Waals surface area contributed by atoms with Crippen molar-refractivity contribution in [1.82, 2.24) is 31.2 Å². The average Bonchev–Trinajstić information content (AvgIpc) is 0.751. The smallest absolute Gasteiger partial charge is 0.337 e. The van der Waals surface area contributed by atoms with Crippen LogP contribution in [0, 0.1) is 0 Å². The van der Waals surface area contributed by atoms with Crippen LogP contribution in [0.15, 0.2) is 260 Å². The van der Waals surface area contributed by atoms with Crippen LogP contribution in [0.1, 0.15) is 113 Å². The summed E-state index contributed by atoms with van der Waals surface area (Å²) in [6, 6.07) is 66.6. The highest BCUT2D eigenvalue weighted by Gasteiger charge is 2.31. The standard InChI is InChI=1S/C48H40N2O6.C30H26N6O4/c1-55-47(53)39-17-13-35(14-18-39)31-50(32-36-15-19-40(20-16-36)48(54)56-2)42-27-23-38(24-28-42)44-45(51)43(46(44)52)37-21-25-41(26-22-37)49(29-33-9-5-3-6-10-33)30-34-11-7-4-8-12-34;37-27-23-3-1-4-24(35-23)28(38)32-16-20-9-13-22(14-10-20)18-34-30(40)26-6-2-5-25(36-26)29(39)33-17-21-11-7-19(8-12-21)15-31-27/h3-28H,29-32H2,1-2H3;1-14H,15-18H2,(H,31,37)(H,32,38)(H,33,39)(H,34,40). The van der Waals surface area contributed by atoms with E-state index < -0.39 is 35.6 Å². The molecule has 2 aliphatic carbocycles. The van der Waals surface area contributed by atoms with Crippen molar-refractivity contribution < 1.29 is 52.7 Å². The number of carbonyl (C=O) groups excluding carboxylic acids is 7. The number of hydrogen-bond donors (Lipinski definition) is 4. The Labute approximate surface area is 554 Å². The van der Waals surface area contributed by atoms with Gasteiger partial charge in [0.25, 0.3) is 23.6 Å². The van der Waals surface area contributed by atoms with Gasteiger partial charge in [-0.3, -0.25) is 24.0 Å². The predicted octanol–water partition coefficient (Wildman–Crippen LogP) is 9.91. The van der Waals surface area contributed by atoms with Crippen molar-refractivity contribution in [2.24, 2.45) is 0 Å². The van der Waals surface area contributed by atoms with Gasteiger partial charge in [0, 0.05) is 79.4 Å². The third kappa shape index (κ3) is 16.4. The maximum absolute atomic E-state index is 13.6. The number of nitrogens with zero attached hydrogens (tertiary/aromatic N) is 4. The van der Waals surface area contributed by atoms with E-state index >= 15 is 0 Å². The van der Waals surface area contributed by atoms with Gasteiger partial charge in [-0.2, -0.15) is 0 Å². The fourth-order valence-electron chi connectivity index (χ4n) is 10.9. The summed E-state index contributed by atoms with van der Waals surface area (Å²) in [6.45, 7) is 3.45. The van der Waals surface area contributed by atoms with Gasteiger partial charge in [-0.15, -0.1) is 0 Å². The van der Waals surface area contributed by atoms with Crippen LogP contribution < -0.4 is 31.3 Å². The number of ether oxygens (including phenoxy) is 2. The Kier molecular flexibility index (Phi) is 20.9. The van der Waals surface area contributed by atoms with Crippen molar-refractivity contribution in [3.63, 3.8) is 0 Å². The Morgan fingerprint density at radius 3 is 1.14 bits per heavy atom. The minimum atomic E-state index is -0.408. The Hall–Kier alpha value is -12.4. The first-order valence-corrected chi connectivity index (χ1v) is 30.9. The van der Waals surface area contributed by atoms with E-state index in [-0.39, 0.29) is 71.6 Å². The Balaban J connectivity index is 0.000000206. The van der Waals surface area contributed by atoms with Crippen molar-refractivity contribution in [3.05, 3.63) is 344 Å².